The number of allylic oxidation sites excluding steroid dienone is 1. The van der Waals surface area contributed by atoms with Gasteiger partial charge in [-0.05, 0) is 33.6 Å². The molecule has 0 aromatic heterocycles. The number of rotatable bonds is 2. The highest BCUT2D eigenvalue weighted by Crippen LogP contribution is 2.65. The van der Waals surface area contributed by atoms with Crippen LogP contribution in [0, 0.1) is 10.8 Å². The number of ether oxygens (including phenoxy) is 3. The second-order valence-corrected chi connectivity index (χ2v) is 7.07. The number of Topliss-reactive ketones (excluding diaryl/α,β-unsaturated/α-hetero) is 1. The summed E-state index contributed by atoms with van der Waals surface area (Å²) < 4.78 is 16.0. The van der Waals surface area contributed by atoms with Gasteiger partial charge in [-0.1, -0.05) is 13.8 Å². The molecule has 3 aliphatic rings. The van der Waals surface area contributed by atoms with Crippen molar-refractivity contribution in [2.24, 2.45) is 10.8 Å². The fourth-order valence-electron chi connectivity index (χ4n) is 3.73. The van der Waals surface area contributed by atoms with E-state index >= 15 is 0 Å². The lowest BCUT2D eigenvalue weighted by Crippen LogP contribution is -2.49. The first-order chi connectivity index (χ1) is 10.1. The number of fused-ring (bicyclic) bond motifs is 2. The molecule has 3 rings (SSSR count). The average molecular weight is 308 g/mol. The van der Waals surface area contributed by atoms with Crippen LogP contribution in [-0.4, -0.2) is 29.4 Å². The molecule has 0 aromatic carbocycles. The van der Waals surface area contributed by atoms with Gasteiger partial charge in [-0.15, -0.1) is 0 Å². The molecule has 6 nitrogen and oxygen atoms in total. The molecular formula is C16H20O6. The Morgan fingerprint density at radius 1 is 1.23 bits per heavy atom. The van der Waals surface area contributed by atoms with Crippen LogP contribution in [0.3, 0.4) is 0 Å². The van der Waals surface area contributed by atoms with Crippen molar-refractivity contribution in [3.05, 3.63) is 11.5 Å². The third-order valence-electron chi connectivity index (χ3n) is 5.87. The molecule has 0 aromatic rings. The van der Waals surface area contributed by atoms with Crippen molar-refractivity contribution in [2.75, 3.05) is 0 Å². The average Bonchev–Trinajstić information content (AvgIpc) is 2.85. The van der Waals surface area contributed by atoms with Gasteiger partial charge in [0.15, 0.2) is 6.10 Å². The lowest BCUT2D eigenvalue weighted by atomic mass is 9.66. The maximum atomic E-state index is 12.7. The third kappa shape index (κ3) is 1.48. The summed E-state index contributed by atoms with van der Waals surface area (Å²) in [5.74, 6) is -1.24. The van der Waals surface area contributed by atoms with Gasteiger partial charge in [-0.25, -0.2) is 4.79 Å². The fraction of sp³-hybridized carbons (Fsp3) is 0.688. The smallest absolute Gasteiger partial charge is 0.356 e. The zero-order chi connectivity index (χ0) is 16.5. The maximum Gasteiger partial charge on any atom is 0.356 e. The topological polar surface area (TPSA) is 78.9 Å². The number of carbonyl (C=O) groups excluding carboxylic acids is 3. The maximum absolute atomic E-state index is 12.7. The lowest BCUT2D eigenvalue weighted by molar-refractivity contribution is -0.180. The van der Waals surface area contributed by atoms with Gasteiger partial charge < -0.3 is 14.2 Å². The number of hydrogen-bond donors (Lipinski definition) is 0. The highest BCUT2D eigenvalue weighted by atomic mass is 16.6. The molecule has 0 radical (unpaired) electrons. The van der Waals surface area contributed by atoms with Gasteiger partial charge in [-0.2, -0.15) is 0 Å². The van der Waals surface area contributed by atoms with Crippen molar-refractivity contribution in [1.82, 2.24) is 0 Å². The molecular weight excluding hydrogens is 288 g/mol. The zero-order valence-electron chi connectivity index (χ0n) is 13.4. The van der Waals surface area contributed by atoms with E-state index in [-0.39, 0.29) is 23.3 Å². The van der Waals surface area contributed by atoms with Crippen molar-refractivity contribution in [3.63, 3.8) is 0 Å². The molecule has 6 heteroatoms. The highest BCUT2D eigenvalue weighted by Gasteiger charge is 2.76. The van der Waals surface area contributed by atoms with E-state index < -0.39 is 28.5 Å². The van der Waals surface area contributed by atoms with Crippen LogP contribution in [0.2, 0.25) is 0 Å². The van der Waals surface area contributed by atoms with Crippen molar-refractivity contribution in [1.29, 1.82) is 0 Å². The molecule has 1 aliphatic carbocycles. The predicted octanol–water partition coefficient (Wildman–Crippen LogP) is 1.87. The highest BCUT2D eigenvalue weighted by molar-refractivity contribution is 6.02. The van der Waals surface area contributed by atoms with Gasteiger partial charge in [0.05, 0.1) is 5.41 Å². The number of ketones is 1. The Morgan fingerprint density at radius 3 is 2.27 bits per heavy atom. The van der Waals surface area contributed by atoms with E-state index in [9.17, 15) is 14.4 Å². The van der Waals surface area contributed by atoms with Crippen LogP contribution in [0.25, 0.3) is 0 Å². The molecule has 2 bridgehead atoms. The largest absolute Gasteiger partial charge is 0.483 e. The molecule has 3 unspecified atom stereocenters. The van der Waals surface area contributed by atoms with Gasteiger partial charge >= 0.3 is 11.9 Å². The van der Waals surface area contributed by atoms with Crippen molar-refractivity contribution in [2.45, 2.75) is 59.2 Å². The van der Waals surface area contributed by atoms with Crippen LogP contribution in [-0.2, 0) is 28.6 Å². The zero-order valence-corrected chi connectivity index (χ0v) is 13.4. The van der Waals surface area contributed by atoms with Crippen molar-refractivity contribution in [3.8, 4) is 0 Å². The predicted molar refractivity (Wildman–Crippen MR) is 74.3 cm³/mol. The van der Waals surface area contributed by atoms with Gasteiger partial charge in [0, 0.05) is 5.41 Å². The molecule has 0 amide bonds. The fourth-order valence-corrected chi connectivity index (χ4v) is 3.73. The van der Waals surface area contributed by atoms with Gasteiger partial charge in [0.2, 0.25) is 17.1 Å². The monoisotopic (exact) mass is 308 g/mol. The number of hydrogen-bond acceptors (Lipinski definition) is 6. The molecule has 0 spiro atoms. The summed E-state index contributed by atoms with van der Waals surface area (Å²) in [6.07, 6.45) is 0.304. The van der Waals surface area contributed by atoms with Crippen LogP contribution in [0.4, 0.5) is 0 Å². The van der Waals surface area contributed by atoms with E-state index in [4.69, 9.17) is 14.2 Å². The molecule has 3 atom stereocenters. The summed E-state index contributed by atoms with van der Waals surface area (Å²) in [5.41, 5.74) is -2.74. The van der Waals surface area contributed by atoms with Gasteiger partial charge in [0.25, 0.3) is 0 Å². The van der Waals surface area contributed by atoms with Gasteiger partial charge in [0.1, 0.15) is 5.76 Å². The Labute approximate surface area is 128 Å². The van der Waals surface area contributed by atoms with E-state index in [0.717, 1.165) is 0 Å². The molecule has 2 heterocycles. The molecule has 2 aliphatic heterocycles. The van der Waals surface area contributed by atoms with Crippen molar-refractivity contribution >= 4 is 17.7 Å². The summed E-state index contributed by atoms with van der Waals surface area (Å²) in [5, 5.41) is 0. The molecule has 22 heavy (non-hydrogen) atoms. The summed E-state index contributed by atoms with van der Waals surface area (Å²) in [6, 6.07) is 0. The summed E-state index contributed by atoms with van der Waals surface area (Å²) in [6.45, 7) is 8.66. The van der Waals surface area contributed by atoms with Crippen molar-refractivity contribution < 1.29 is 28.6 Å². The Hall–Kier alpha value is -1.85. The molecule has 0 N–H and O–H groups in total. The quantitative estimate of drug-likeness (QED) is 0.725. The third-order valence-corrected chi connectivity index (χ3v) is 5.87. The standard InChI is InChI=1S/C16H20O6/c1-8-10(17)11(9(2)20-8)21-13(19)16-7-6-15(5,12(18)22-16)14(16,3)4/h8H,6-7H2,1-5H3. The Kier molecular flexibility index (Phi) is 2.82. The molecule has 1 saturated carbocycles. The molecule has 2 fully saturated rings. The first kappa shape index (κ1) is 15.1. The van der Waals surface area contributed by atoms with E-state index in [0.29, 0.717) is 12.8 Å². The molecule has 1 saturated heterocycles. The minimum Gasteiger partial charge on any atom is -0.483 e. The first-order valence-electron chi connectivity index (χ1n) is 7.44. The van der Waals surface area contributed by atoms with Crippen LogP contribution in [0.15, 0.2) is 11.5 Å². The Bertz CT molecular complexity index is 631. The minimum atomic E-state index is -1.34. The van der Waals surface area contributed by atoms with E-state index in [1.54, 1.807) is 13.8 Å². The van der Waals surface area contributed by atoms with Crippen LogP contribution in [0.5, 0.6) is 0 Å². The van der Waals surface area contributed by atoms with Crippen LogP contribution >= 0.6 is 0 Å². The van der Waals surface area contributed by atoms with Crippen LogP contribution in [0.1, 0.15) is 47.5 Å². The van der Waals surface area contributed by atoms with E-state index in [2.05, 4.69) is 0 Å². The first-order valence-corrected chi connectivity index (χ1v) is 7.44. The van der Waals surface area contributed by atoms with E-state index in [1.807, 2.05) is 20.8 Å². The SMILES string of the molecule is CC1=C(OC(=O)C23CCC(C)(C(=O)O2)C3(C)C)C(=O)C(C)O1. The Balaban J connectivity index is 1.93. The summed E-state index contributed by atoms with van der Waals surface area (Å²) >= 11 is 0. The Morgan fingerprint density at radius 2 is 1.86 bits per heavy atom. The second kappa shape index (κ2) is 4.12. The van der Waals surface area contributed by atoms with Gasteiger partial charge in [-0.3, -0.25) is 9.59 Å². The normalized spacial score (nSPS) is 39.0. The minimum absolute atomic E-state index is 0.0840. The summed E-state index contributed by atoms with van der Waals surface area (Å²) in [4.78, 5) is 36.9. The lowest BCUT2D eigenvalue weighted by Gasteiger charge is -2.34. The number of carbonyl (C=O) groups is 3. The van der Waals surface area contributed by atoms with E-state index in [1.165, 1.54) is 0 Å². The molecule has 120 valence electrons. The second-order valence-electron chi connectivity index (χ2n) is 7.07. The summed E-state index contributed by atoms with van der Waals surface area (Å²) in [7, 11) is 0. The number of esters is 2. The van der Waals surface area contributed by atoms with Crippen LogP contribution < -0.4 is 0 Å².